The highest BCUT2D eigenvalue weighted by Crippen LogP contribution is 2.24. The summed E-state index contributed by atoms with van der Waals surface area (Å²) in [5.74, 6) is 0.136. The molecule has 0 saturated carbocycles. The third-order valence-corrected chi connectivity index (χ3v) is 6.04. The normalized spacial score (nSPS) is 14.5. The van der Waals surface area contributed by atoms with Gasteiger partial charge in [0.1, 0.15) is 11.6 Å². The maximum atomic E-state index is 13.1. The number of carbonyl (C=O) groups excluding carboxylic acids is 1. The third kappa shape index (κ3) is 5.73. The van der Waals surface area contributed by atoms with Gasteiger partial charge in [-0.3, -0.25) is 9.69 Å². The van der Waals surface area contributed by atoms with Gasteiger partial charge in [-0.2, -0.15) is 5.26 Å². The fraction of sp³-hybridized carbons (Fsp3) is 0.269. The van der Waals surface area contributed by atoms with Crippen molar-refractivity contribution in [2.75, 3.05) is 30.4 Å². The highest BCUT2D eigenvalue weighted by molar-refractivity contribution is 6.04. The fourth-order valence-corrected chi connectivity index (χ4v) is 4.14. The van der Waals surface area contributed by atoms with Crippen LogP contribution < -0.4 is 10.2 Å². The van der Waals surface area contributed by atoms with Crippen LogP contribution in [0, 0.1) is 17.1 Å². The minimum atomic E-state index is -0.374. The summed E-state index contributed by atoms with van der Waals surface area (Å²) in [4.78, 5) is 21.5. The first-order valence-corrected chi connectivity index (χ1v) is 11.0. The number of piperidine rings is 1. The minimum Gasteiger partial charge on any atom is -0.357 e. The number of amides is 1. The zero-order chi connectivity index (χ0) is 23.2. The molecule has 7 heteroatoms. The van der Waals surface area contributed by atoms with Gasteiger partial charge in [0.2, 0.25) is 0 Å². The molecule has 3 aromatic rings. The summed E-state index contributed by atoms with van der Waals surface area (Å²) in [5.41, 5.74) is 2.90. The number of hydrogen-bond acceptors (Lipinski definition) is 5. The van der Waals surface area contributed by atoms with Crippen molar-refractivity contribution in [3.8, 4) is 6.07 Å². The van der Waals surface area contributed by atoms with Gasteiger partial charge in [-0.25, -0.2) is 9.37 Å². The number of aromatic nitrogens is 1. The van der Waals surface area contributed by atoms with E-state index in [1.165, 1.54) is 24.3 Å². The maximum Gasteiger partial charge on any atom is 0.255 e. The molecule has 1 amide bonds. The zero-order valence-electron chi connectivity index (χ0n) is 18.5. The SMILES string of the molecule is CN(c1cc(NC(=O)c2ccc(F)cc2)ccn1)C1CCN(Cc2cccc(C#N)c2)CC1. The molecule has 2 heterocycles. The Labute approximate surface area is 193 Å². The molecule has 0 radical (unpaired) electrons. The van der Waals surface area contributed by atoms with Crippen molar-refractivity contribution >= 4 is 17.4 Å². The molecule has 1 aliphatic rings. The Morgan fingerprint density at radius 3 is 2.67 bits per heavy atom. The molecule has 6 nitrogen and oxygen atoms in total. The lowest BCUT2D eigenvalue weighted by molar-refractivity contribution is 0.102. The molecular weight excluding hydrogens is 417 g/mol. The van der Waals surface area contributed by atoms with Crippen LogP contribution in [0.15, 0.2) is 66.9 Å². The Morgan fingerprint density at radius 2 is 1.94 bits per heavy atom. The van der Waals surface area contributed by atoms with Crippen LogP contribution >= 0.6 is 0 Å². The first-order valence-electron chi connectivity index (χ1n) is 11.0. The van der Waals surface area contributed by atoms with Crippen LogP contribution in [0.25, 0.3) is 0 Å². The van der Waals surface area contributed by atoms with Gasteiger partial charge < -0.3 is 10.2 Å². The molecule has 1 fully saturated rings. The second-order valence-electron chi connectivity index (χ2n) is 8.29. The third-order valence-electron chi connectivity index (χ3n) is 6.04. The van der Waals surface area contributed by atoms with Crippen LogP contribution in [0.2, 0.25) is 0 Å². The largest absolute Gasteiger partial charge is 0.357 e. The molecule has 1 N–H and O–H groups in total. The first kappa shape index (κ1) is 22.4. The second-order valence-corrected chi connectivity index (χ2v) is 8.29. The number of pyridine rings is 1. The van der Waals surface area contributed by atoms with Gasteiger partial charge in [-0.1, -0.05) is 12.1 Å². The van der Waals surface area contributed by atoms with Crippen LogP contribution in [0.3, 0.4) is 0 Å². The quantitative estimate of drug-likeness (QED) is 0.610. The highest BCUT2D eigenvalue weighted by atomic mass is 19.1. The van der Waals surface area contributed by atoms with Crippen molar-refractivity contribution in [3.63, 3.8) is 0 Å². The van der Waals surface area contributed by atoms with Crippen LogP contribution in [-0.2, 0) is 6.54 Å². The van der Waals surface area contributed by atoms with E-state index in [0.717, 1.165) is 43.9 Å². The molecular formula is C26H26FN5O. The predicted molar refractivity (Wildman–Crippen MR) is 126 cm³/mol. The summed E-state index contributed by atoms with van der Waals surface area (Å²) in [6.45, 7) is 2.77. The molecule has 168 valence electrons. The molecule has 4 rings (SSSR count). The van der Waals surface area contributed by atoms with Crippen LogP contribution in [-0.4, -0.2) is 42.0 Å². The Balaban J connectivity index is 1.34. The van der Waals surface area contributed by atoms with Gasteiger partial charge in [0.25, 0.3) is 5.91 Å². The highest BCUT2D eigenvalue weighted by Gasteiger charge is 2.23. The summed E-state index contributed by atoms with van der Waals surface area (Å²) in [6, 6.07) is 19.4. The monoisotopic (exact) mass is 443 g/mol. The lowest BCUT2D eigenvalue weighted by atomic mass is 10.0. The number of nitrogens with one attached hydrogen (secondary N) is 1. The Kier molecular flexibility index (Phi) is 6.96. The van der Waals surface area contributed by atoms with Gasteiger partial charge in [0, 0.05) is 56.2 Å². The van der Waals surface area contributed by atoms with E-state index in [1.807, 2.05) is 31.3 Å². The molecule has 0 spiro atoms. The number of nitriles is 1. The van der Waals surface area contributed by atoms with Crippen LogP contribution in [0.5, 0.6) is 0 Å². The molecule has 1 aromatic heterocycles. The molecule has 1 aliphatic heterocycles. The van der Waals surface area contributed by atoms with Crippen LogP contribution in [0.4, 0.5) is 15.9 Å². The van der Waals surface area contributed by atoms with Crippen molar-refractivity contribution in [2.45, 2.75) is 25.4 Å². The zero-order valence-corrected chi connectivity index (χ0v) is 18.5. The topological polar surface area (TPSA) is 72.3 Å². The van der Waals surface area contributed by atoms with E-state index in [4.69, 9.17) is 5.26 Å². The smallest absolute Gasteiger partial charge is 0.255 e. The number of carbonyl (C=O) groups is 1. The Bertz CT molecular complexity index is 1150. The lowest BCUT2D eigenvalue weighted by Gasteiger charge is -2.37. The summed E-state index contributed by atoms with van der Waals surface area (Å²) in [7, 11) is 2.03. The van der Waals surface area contributed by atoms with E-state index in [9.17, 15) is 9.18 Å². The molecule has 0 aliphatic carbocycles. The predicted octanol–water partition coefficient (Wildman–Crippen LogP) is 4.45. The van der Waals surface area contributed by atoms with E-state index in [-0.39, 0.29) is 11.7 Å². The van der Waals surface area contributed by atoms with Crippen molar-refractivity contribution < 1.29 is 9.18 Å². The summed E-state index contributed by atoms with van der Waals surface area (Å²) in [6.07, 6.45) is 3.69. The summed E-state index contributed by atoms with van der Waals surface area (Å²) >= 11 is 0. The van der Waals surface area contributed by atoms with Gasteiger partial charge in [-0.05, 0) is 60.9 Å². The lowest BCUT2D eigenvalue weighted by Crippen LogP contribution is -2.43. The minimum absolute atomic E-state index is 0.288. The molecule has 2 aromatic carbocycles. The molecule has 33 heavy (non-hydrogen) atoms. The van der Waals surface area contributed by atoms with Gasteiger partial charge in [0.05, 0.1) is 11.6 Å². The summed E-state index contributed by atoms with van der Waals surface area (Å²) < 4.78 is 13.1. The number of nitrogens with zero attached hydrogens (tertiary/aromatic N) is 4. The van der Waals surface area contributed by atoms with E-state index < -0.39 is 0 Å². The second kappa shape index (κ2) is 10.2. The van der Waals surface area contributed by atoms with E-state index in [0.29, 0.717) is 22.9 Å². The van der Waals surface area contributed by atoms with Crippen molar-refractivity contribution in [1.29, 1.82) is 5.26 Å². The van der Waals surface area contributed by atoms with E-state index in [1.54, 1.807) is 12.3 Å². The number of hydrogen-bond donors (Lipinski definition) is 1. The van der Waals surface area contributed by atoms with E-state index in [2.05, 4.69) is 32.2 Å². The molecule has 0 atom stereocenters. The van der Waals surface area contributed by atoms with Crippen molar-refractivity contribution in [2.24, 2.45) is 0 Å². The fourth-order valence-electron chi connectivity index (χ4n) is 4.14. The maximum absolute atomic E-state index is 13.1. The number of likely N-dealkylation sites (tertiary alicyclic amines) is 1. The van der Waals surface area contributed by atoms with Gasteiger partial charge in [-0.15, -0.1) is 0 Å². The van der Waals surface area contributed by atoms with Gasteiger partial charge in [0.15, 0.2) is 0 Å². The number of benzene rings is 2. The van der Waals surface area contributed by atoms with Crippen molar-refractivity contribution in [3.05, 3.63) is 89.4 Å². The Morgan fingerprint density at radius 1 is 1.18 bits per heavy atom. The standard InChI is InChI=1S/C26H26FN5O/c1-31(24-10-13-32(14-11-24)18-20-4-2-3-19(15-20)17-28)25-16-23(9-12-29-25)30-26(33)21-5-7-22(27)8-6-21/h2-9,12,15-16,24H,10-11,13-14,18H2,1H3,(H,29,30,33). The molecule has 1 saturated heterocycles. The number of anilines is 2. The molecule has 0 unspecified atom stereocenters. The average Bonchev–Trinajstić information content (AvgIpc) is 2.85. The van der Waals surface area contributed by atoms with Gasteiger partial charge >= 0.3 is 0 Å². The number of halogens is 1. The first-order chi connectivity index (χ1) is 16.0. The average molecular weight is 444 g/mol. The van der Waals surface area contributed by atoms with E-state index >= 15 is 0 Å². The summed E-state index contributed by atoms with van der Waals surface area (Å²) in [5, 5.41) is 12.0. The molecule has 0 bridgehead atoms. The van der Waals surface area contributed by atoms with Crippen LogP contribution in [0.1, 0.15) is 34.3 Å². The Hall–Kier alpha value is -3.76. The van der Waals surface area contributed by atoms with Crippen molar-refractivity contribution in [1.82, 2.24) is 9.88 Å². The number of rotatable bonds is 6.